The molecule has 0 saturated carbocycles. The molecule has 1 saturated heterocycles. The number of rotatable bonds is 3. The van der Waals surface area contributed by atoms with Crippen LogP contribution in [0.5, 0.6) is 0 Å². The van der Waals surface area contributed by atoms with Gasteiger partial charge in [-0.25, -0.2) is 0 Å². The van der Waals surface area contributed by atoms with Crippen LogP contribution in [0.1, 0.15) is 20.3 Å². The largest absolute Gasteiger partial charge is 0.329 e. The first-order chi connectivity index (χ1) is 5.18. The molecule has 1 atom stereocenters. The van der Waals surface area contributed by atoms with E-state index in [0.717, 1.165) is 26.1 Å². The van der Waals surface area contributed by atoms with Crippen molar-refractivity contribution >= 4 is 0 Å². The van der Waals surface area contributed by atoms with E-state index in [4.69, 9.17) is 5.73 Å². The zero-order valence-electron chi connectivity index (χ0n) is 7.48. The molecule has 11 heavy (non-hydrogen) atoms. The van der Waals surface area contributed by atoms with Gasteiger partial charge in [-0.3, -0.25) is 0 Å². The summed E-state index contributed by atoms with van der Waals surface area (Å²) < 4.78 is 0. The van der Waals surface area contributed by atoms with Gasteiger partial charge in [0.05, 0.1) is 0 Å². The third kappa shape index (κ3) is 2.15. The van der Waals surface area contributed by atoms with Gasteiger partial charge in [-0.1, -0.05) is 13.8 Å². The molecule has 1 aliphatic heterocycles. The molecule has 0 aromatic rings. The average Bonchev–Trinajstić information content (AvgIpc) is 2.36. The van der Waals surface area contributed by atoms with Crippen molar-refractivity contribution in [2.24, 2.45) is 5.73 Å². The molecule has 3 nitrogen and oxygen atoms in total. The van der Waals surface area contributed by atoms with E-state index >= 15 is 0 Å². The molecule has 66 valence electrons. The first-order valence-electron chi connectivity index (χ1n) is 4.37. The van der Waals surface area contributed by atoms with E-state index in [9.17, 15) is 0 Å². The summed E-state index contributed by atoms with van der Waals surface area (Å²) in [6.45, 7) is 7.17. The van der Waals surface area contributed by atoms with Gasteiger partial charge in [0, 0.05) is 24.7 Å². The second-order valence-corrected chi connectivity index (χ2v) is 3.71. The zero-order valence-corrected chi connectivity index (χ0v) is 7.48. The predicted molar refractivity (Wildman–Crippen MR) is 47.5 cm³/mol. The third-order valence-corrected chi connectivity index (χ3v) is 2.23. The monoisotopic (exact) mass is 157 g/mol. The second kappa shape index (κ2) is 3.52. The lowest BCUT2D eigenvalue weighted by Crippen LogP contribution is -2.55. The average molecular weight is 157 g/mol. The molecule has 1 fully saturated rings. The van der Waals surface area contributed by atoms with Gasteiger partial charge in [-0.15, -0.1) is 0 Å². The summed E-state index contributed by atoms with van der Waals surface area (Å²) in [5.74, 6) is 0. The van der Waals surface area contributed by atoms with Gasteiger partial charge in [-0.05, 0) is 13.0 Å². The summed E-state index contributed by atoms with van der Waals surface area (Å²) in [5.41, 5.74) is 5.89. The molecule has 1 unspecified atom stereocenters. The lowest BCUT2D eigenvalue weighted by atomic mass is 9.98. The first kappa shape index (κ1) is 8.97. The highest BCUT2D eigenvalue weighted by molar-refractivity contribution is 4.97. The number of nitrogens with two attached hydrogens (primary N) is 1. The normalized spacial score (nSPS) is 31.6. The van der Waals surface area contributed by atoms with Crippen LogP contribution in [0.25, 0.3) is 0 Å². The Kier molecular flexibility index (Phi) is 2.87. The lowest BCUT2D eigenvalue weighted by Gasteiger charge is -2.30. The van der Waals surface area contributed by atoms with Crippen LogP contribution in [-0.4, -0.2) is 31.2 Å². The fourth-order valence-electron chi connectivity index (χ4n) is 1.71. The van der Waals surface area contributed by atoms with Crippen LogP contribution in [0.15, 0.2) is 0 Å². The Bertz CT molecular complexity index is 117. The van der Waals surface area contributed by atoms with Crippen molar-refractivity contribution in [2.45, 2.75) is 31.8 Å². The molecule has 0 aromatic carbocycles. The van der Waals surface area contributed by atoms with E-state index in [1.165, 1.54) is 0 Å². The molecule has 4 N–H and O–H groups in total. The SMILES string of the molecule is CC(C)NC1(CN)CCNC1. The molecule has 3 heteroatoms. The zero-order chi connectivity index (χ0) is 8.32. The number of nitrogens with one attached hydrogen (secondary N) is 2. The molecule has 1 rings (SSSR count). The minimum absolute atomic E-state index is 0.175. The van der Waals surface area contributed by atoms with Crippen molar-refractivity contribution in [3.63, 3.8) is 0 Å². The Balaban J connectivity index is 2.45. The van der Waals surface area contributed by atoms with Gasteiger partial charge < -0.3 is 16.4 Å². The van der Waals surface area contributed by atoms with E-state index in [1.807, 2.05) is 0 Å². The molecule has 1 heterocycles. The summed E-state index contributed by atoms with van der Waals surface area (Å²) in [6, 6.07) is 0.526. The fraction of sp³-hybridized carbons (Fsp3) is 1.00. The van der Waals surface area contributed by atoms with Crippen molar-refractivity contribution in [3.05, 3.63) is 0 Å². The highest BCUT2D eigenvalue weighted by Gasteiger charge is 2.32. The van der Waals surface area contributed by atoms with Crippen LogP contribution in [0.2, 0.25) is 0 Å². The van der Waals surface area contributed by atoms with Crippen LogP contribution in [-0.2, 0) is 0 Å². The lowest BCUT2D eigenvalue weighted by molar-refractivity contribution is 0.333. The Morgan fingerprint density at radius 2 is 2.36 bits per heavy atom. The molecule has 0 spiro atoms. The first-order valence-corrected chi connectivity index (χ1v) is 4.37. The molecule has 1 aliphatic rings. The summed E-state index contributed by atoms with van der Waals surface area (Å²) in [6.07, 6.45) is 1.15. The fourth-order valence-corrected chi connectivity index (χ4v) is 1.71. The highest BCUT2D eigenvalue weighted by atomic mass is 15.1. The maximum atomic E-state index is 5.71. The second-order valence-electron chi connectivity index (χ2n) is 3.71. The molecular weight excluding hydrogens is 138 g/mol. The summed E-state index contributed by atoms with van der Waals surface area (Å²) >= 11 is 0. The van der Waals surface area contributed by atoms with Crippen molar-refractivity contribution in [3.8, 4) is 0 Å². The topological polar surface area (TPSA) is 50.1 Å². The molecule has 0 radical (unpaired) electrons. The Hall–Kier alpha value is -0.120. The van der Waals surface area contributed by atoms with E-state index in [2.05, 4.69) is 24.5 Å². The minimum atomic E-state index is 0.175. The smallest absolute Gasteiger partial charge is 0.0444 e. The summed E-state index contributed by atoms with van der Waals surface area (Å²) in [7, 11) is 0. The van der Waals surface area contributed by atoms with Gasteiger partial charge in [0.25, 0.3) is 0 Å². The quantitative estimate of drug-likeness (QED) is 0.526. The van der Waals surface area contributed by atoms with Crippen molar-refractivity contribution in [2.75, 3.05) is 19.6 Å². The van der Waals surface area contributed by atoms with Crippen molar-refractivity contribution < 1.29 is 0 Å². The molecule has 0 aromatic heterocycles. The van der Waals surface area contributed by atoms with Crippen LogP contribution < -0.4 is 16.4 Å². The van der Waals surface area contributed by atoms with E-state index in [-0.39, 0.29) is 5.54 Å². The minimum Gasteiger partial charge on any atom is -0.329 e. The van der Waals surface area contributed by atoms with E-state index < -0.39 is 0 Å². The van der Waals surface area contributed by atoms with Gasteiger partial charge in [0.15, 0.2) is 0 Å². The Morgan fingerprint density at radius 3 is 2.73 bits per heavy atom. The Morgan fingerprint density at radius 1 is 1.64 bits per heavy atom. The standard InChI is InChI=1S/C8H19N3/c1-7(2)11-8(5-9)3-4-10-6-8/h7,10-11H,3-6,9H2,1-2H3. The van der Waals surface area contributed by atoms with Crippen LogP contribution in [0.3, 0.4) is 0 Å². The van der Waals surface area contributed by atoms with Crippen LogP contribution in [0.4, 0.5) is 0 Å². The third-order valence-electron chi connectivity index (χ3n) is 2.23. The maximum Gasteiger partial charge on any atom is 0.0444 e. The maximum absolute atomic E-state index is 5.71. The number of hydrogen-bond acceptors (Lipinski definition) is 3. The summed E-state index contributed by atoms with van der Waals surface area (Å²) in [5, 5.41) is 6.84. The Labute approximate surface area is 68.7 Å². The van der Waals surface area contributed by atoms with Gasteiger partial charge in [-0.2, -0.15) is 0 Å². The highest BCUT2D eigenvalue weighted by Crippen LogP contribution is 2.13. The summed E-state index contributed by atoms with van der Waals surface area (Å²) in [4.78, 5) is 0. The molecule has 0 amide bonds. The van der Waals surface area contributed by atoms with Gasteiger partial charge in [0.1, 0.15) is 0 Å². The predicted octanol–water partition coefficient (Wildman–Crippen LogP) is -0.325. The van der Waals surface area contributed by atoms with Gasteiger partial charge >= 0.3 is 0 Å². The molecular formula is C8H19N3. The van der Waals surface area contributed by atoms with Crippen LogP contribution >= 0.6 is 0 Å². The van der Waals surface area contributed by atoms with Gasteiger partial charge in [0.2, 0.25) is 0 Å². The van der Waals surface area contributed by atoms with E-state index in [1.54, 1.807) is 0 Å². The molecule has 0 aliphatic carbocycles. The number of hydrogen-bond donors (Lipinski definition) is 3. The van der Waals surface area contributed by atoms with E-state index in [0.29, 0.717) is 6.04 Å². The molecule has 0 bridgehead atoms. The van der Waals surface area contributed by atoms with Crippen LogP contribution in [0, 0.1) is 0 Å². The van der Waals surface area contributed by atoms with Crippen molar-refractivity contribution in [1.82, 2.24) is 10.6 Å². The van der Waals surface area contributed by atoms with Crippen molar-refractivity contribution in [1.29, 1.82) is 0 Å².